The first-order valence-corrected chi connectivity index (χ1v) is 5.40. The van der Waals surface area contributed by atoms with Crippen LogP contribution in [0.3, 0.4) is 0 Å². The number of hydrogen-bond acceptors (Lipinski definition) is 3. The third-order valence-electron chi connectivity index (χ3n) is 2.38. The highest BCUT2D eigenvalue weighted by molar-refractivity contribution is 9.10. The molecule has 0 amide bonds. The zero-order valence-electron chi connectivity index (χ0n) is 9.30. The second-order valence-electron chi connectivity index (χ2n) is 3.94. The van der Waals surface area contributed by atoms with E-state index in [2.05, 4.69) is 20.9 Å². The first kappa shape index (κ1) is 12.2. The predicted molar refractivity (Wildman–Crippen MR) is 61.7 cm³/mol. The Balaban J connectivity index is 3.16. The van der Waals surface area contributed by atoms with Crippen LogP contribution in [0.25, 0.3) is 0 Å². The molecule has 0 bridgehead atoms. The van der Waals surface area contributed by atoms with Crippen molar-refractivity contribution in [3.05, 3.63) is 28.0 Å². The maximum atomic E-state index is 11.6. The van der Waals surface area contributed by atoms with Gasteiger partial charge in [0, 0.05) is 10.7 Å². The van der Waals surface area contributed by atoms with Crippen molar-refractivity contribution in [1.29, 1.82) is 0 Å². The van der Waals surface area contributed by atoms with Gasteiger partial charge in [-0.2, -0.15) is 0 Å². The molecule has 0 spiro atoms. The van der Waals surface area contributed by atoms with Crippen LogP contribution in [0.1, 0.15) is 25.1 Å². The van der Waals surface area contributed by atoms with E-state index in [1.807, 2.05) is 13.0 Å². The van der Waals surface area contributed by atoms with E-state index in [4.69, 9.17) is 4.74 Å². The normalized spacial score (nSPS) is 11.3. The molecule has 0 aliphatic carbocycles. The van der Waals surface area contributed by atoms with Gasteiger partial charge >= 0.3 is 5.97 Å². The highest BCUT2D eigenvalue weighted by Crippen LogP contribution is 2.25. The van der Waals surface area contributed by atoms with Gasteiger partial charge in [0.15, 0.2) is 0 Å². The minimum atomic E-state index is -0.708. The van der Waals surface area contributed by atoms with Crippen molar-refractivity contribution >= 4 is 21.9 Å². The first-order chi connectivity index (χ1) is 6.89. The molecule has 0 saturated heterocycles. The Kier molecular flexibility index (Phi) is 3.50. The van der Waals surface area contributed by atoms with E-state index in [-0.39, 0.29) is 5.97 Å². The van der Waals surface area contributed by atoms with E-state index >= 15 is 0 Å². The van der Waals surface area contributed by atoms with Crippen molar-refractivity contribution in [3.63, 3.8) is 0 Å². The minimum absolute atomic E-state index is 0.281. The maximum absolute atomic E-state index is 11.6. The van der Waals surface area contributed by atoms with Crippen LogP contribution in [-0.2, 0) is 14.9 Å². The molecule has 4 heteroatoms. The summed E-state index contributed by atoms with van der Waals surface area (Å²) in [6, 6.07) is 1.89. The zero-order valence-corrected chi connectivity index (χ0v) is 10.9. The summed E-state index contributed by atoms with van der Waals surface area (Å²) in [7, 11) is 1.38. The molecule has 0 atom stereocenters. The lowest BCUT2D eigenvalue weighted by molar-refractivity contribution is -0.146. The van der Waals surface area contributed by atoms with Crippen LogP contribution in [0, 0.1) is 6.92 Å². The SMILES string of the molecule is COC(=O)C(C)(C)c1cc(C)c(Br)cn1. The molecular weight excluding hydrogens is 258 g/mol. The Labute approximate surface area is 98.0 Å². The summed E-state index contributed by atoms with van der Waals surface area (Å²) in [6.07, 6.45) is 1.70. The molecule has 0 saturated carbocycles. The fourth-order valence-electron chi connectivity index (χ4n) is 1.24. The summed E-state index contributed by atoms with van der Waals surface area (Å²) in [5.41, 5.74) is 1.06. The van der Waals surface area contributed by atoms with Gasteiger partial charge in [-0.05, 0) is 48.3 Å². The lowest BCUT2D eigenvalue weighted by atomic mass is 9.88. The topological polar surface area (TPSA) is 39.2 Å². The number of carbonyl (C=O) groups is 1. The van der Waals surface area contributed by atoms with Gasteiger partial charge in [0.05, 0.1) is 12.8 Å². The number of aromatic nitrogens is 1. The molecule has 1 aromatic heterocycles. The van der Waals surface area contributed by atoms with E-state index < -0.39 is 5.41 Å². The number of methoxy groups -OCH3 is 1. The summed E-state index contributed by atoms with van der Waals surface area (Å²) < 4.78 is 5.69. The lowest BCUT2D eigenvalue weighted by Gasteiger charge is -2.21. The van der Waals surface area contributed by atoms with E-state index in [0.29, 0.717) is 0 Å². The minimum Gasteiger partial charge on any atom is -0.468 e. The van der Waals surface area contributed by atoms with Crippen molar-refractivity contribution in [2.75, 3.05) is 7.11 Å². The van der Waals surface area contributed by atoms with Gasteiger partial charge in [0.2, 0.25) is 0 Å². The number of nitrogens with zero attached hydrogens (tertiary/aromatic N) is 1. The van der Waals surface area contributed by atoms with Crippen molar-refractivity contribution in [2.45, 2.75) is 26.2 Å². The first-order valence-electron chi connectivity index (χ1n) is 4.60. The van der Waals surface area contributed by atoms with Crippen LogP contribution < -0.4 is 0 Å². The number of esters is 1. The van der Waals surface area contributed by atoms with Crippen LogP contribution in [0.15, 0.2) is 16.7 Å². The van der Waals surface area contributed by atoms with Gasteiger partial charge in [0.25, 0.3) is 0 Å². The molecule has 0 fully saturated rings. The summed E-state index contributed by atoms with van der Waals surface area (Å²) in [5.74, 6) is -0.281. The van der Waals surface area contributed by atoms with E-state index in [0.717, 1.165) is 15.7 Å². The fourth-order valence-corrected chi connectivity index (χ4v) is 1.46. The van der Waals surface area contributed by atoms with Crippen molar-refractivity contribution in [2.24, 2.45) is 0 Å². The van der Waals surface area contributed by atoms with Crippen LogP contribution in [0.2, 0.25) is 0 Å². The van der Waals surface area contributed by atoms with Crippen LogP contribution in [0.4, 0.5) is 0 Å². The molecular formula is C11H14BrNO2. The maximum Gasteiger partial charge on any atom is 0.317 e. The quantitative estimate of drug-likeness (QED) is 0.777. The molecule has 0 N–H and O–H groups in total. The van der Waals surface area contributed by atoms with Crippen LogP contribution in [0.5, 0.6) is 0 Å². The third kappa shape index (κ3) is 2.37. The Hall–Kier alpha value is -0.900. The molecule has 0 aliphatic rings. The largest absolute Gasteiger partial charge is 0.468 e. The Morgan fingerprint density at radius 1 is 1.53 bits per heavy atom. The molecule has 15 heavy (non-hydrogen) atoms. The third-order valence-corrected chi connectivity index (χ3v) is 3.21. The van der Waals surface area contributed by atoms with E-state index in [1.54, 1.807) is 20.0 Å². The second kappa shape index (κ2) is 4.31. The van der Waals surface area contributed by atoms with Crippen LogP contribution in [-0.4, -0.2) is 18.1 Å². The van der Waals surface area contributed by atoms with Gasteiger partial charge < -0.3 is 4.74 Å². The number of carbonyl (C=O) groups excluding carboxylic acids is 1. The Bertz CT molecular complexity index is 388. The summed E-state index contributed by atoms with van der Waals surface area (Å²) in [4.78, 5) is 15.8. The number of hydrogen-bond donors (Lipinski definition) is 0. The highest BCUT2D eigenvalue weighted by Gasteiger charge is 2.32. The summed E-state index contributed by atoms with van der Waals surface area (Å²) in [6.45, 7) is 5.56. The number of ether oxygens (including phenoxy) is 1. The lowest BCUT2D eigenvalue weighted by Crippen LogP contribution is -2.31. The summed E-state index contributed by atoms with van der Waals surface area (Å²) in [5, 5.41) is 0. The Morgan fingerprint density at radius 3 is 2.60 bits per heavy atom. The van der Waals surface area contributed by atoms with Gasteiger partial charge in [-0.15, -0.1) is 0 Å². The molecule has 82 valence electrons. The Morgan fingerprint density at radius 2 is 2.13 bits per heavy atom. The molecule has 3 nitrogen and oxygen atoms in total. The molecule has 1 rings (SSSR count). The van der Waals surface area contributed by atoms with Gasteiger partial charge in [-0.25, -0.2) is 0 Å². The predicted octanol–water partition coefficient (Wildman–Crippen LogP) is 2.60. The highest BCUT2D eigenvalue weighted by atomic mass is 79.9. The van der Waals surface area contributed by atoms with Gasteiger partial charge in [0.1, 0.15) is 5.41 Å². The molecule has 0 aromatic carbocycles. The molecule has 0 radical (unpaired) electrons. The fraction of sp³-hybridized carbons (Fsp3) is 0.455. The van der Waals surface area contributed by atoms with Gasteiger partial charge in [-0.3, -0.25) is 9.78 Å². The van der Waals surface area contributed by atoms with E-state index in [1.165, 1.54) is 7.11 Å². The van der Waals surface area contributed by atoms with Crippen molar-refractivity contribution in [1.82, 2.24) is 4.98 Å². The molecule has 0 unspecified atom stereocenters. The molecule has 1 aromatic rings. The number of aryl methyl sites for hydroxylation is 1. The second-order valence-corrected chi connectivity index (χ2v) is 4.79. The molecule has 1 heterocycles. The van der Waals surface area contributed by atoms with Crippen LogP contribution >= 0.6 is 15.9 Å². The zero-order chi connectivity index (χ0) is 11.6. The van der Waals surface area contributed by atoms with E-state index in [9.17, 15) is 4.79 Å². The smallest absolute Gasteiger partial charge is 0.317 e. The van der Waals surface area contributed by atoms with Crippen molar-refractivity contribution in [3.8, 4) is 0 Å². The monoisotopic (exact) mass is 271 g/mol. The summed E-state index contributed by atoms with van der Waals surface area (Å²) >= 11 is 3.37. The molecule has 0 aliphatic heterocycles. The number of rotatable bonds is 2. The average Bonchev–Trinajstić information content (AvgIpc) is 2.20. The van der Waals surface area contributed by atoms with Gasteiger partial charge in [-0.1, -0.05) is 0 Å². The number of pyridine rings is 1. The number of halogens is 1. The van der Waals surface area contributed by atoms with Crippen molar-refractivity contribution < 1.29 is 9.53 Å². The average molecular weight is 272 g/mol. The standard InChI is InChI=1S/C11H14BrNO2/c1-7-5-9(13-6-8(7)12)11(2,3)10(14)15-4/h5-6H,1-4H3.